The topological polar surface area (TPSA) is 0 Å². The summed E-state index contributed by atoms with van der Waals surface area (Å²) < 4.78 is 0. The molecule has 0 fully saturated rings. The summed E-state index contributed by atoms with van der Waals surface area (Å²) in [6.07, 6.45) is 4.08. The Balaban J connectivity index is 0. The number of rotatable bonds is 2. The fraction of sp³-hybridized carbons (Fsp3) is 1.00. The zero-order valence-corrected chi connectivity index (χ0v) is 8.83. The van der Waals surface area contributed by atoms with E-state index < -0.39 is 0 Å². The standard InChI is InChI=1S/C4H9.C3H8.Al.2H/c1-3-4-2;1-3-2;;;/h1,3-4H2,2H3;3H2,1-2H3;;;. The maximum Gasteiger partial charge on any atom is 0.211 e. The van der Waals surface area contributed by atoms with Gasteiger partial charge in [0.25, 0.3) is 0 Å². The molecule has 0 nitrogen and oxygen atoms in total. The molecule has 0 aliphatic carbocycles. The van der Waals surface area contributed by atoms with E-state index in [4.69, 9.17) is 0 Å². The summed E-state index contributed by atoms with van der Waals surface area (Å²) >= 11 is 1.40. The van der Waals surface area contributed by atoms with Crippen LogP contribution in [0.2, 0.25) is 5.28 Å². The lowest BCUT2D eigenvalue weighted by molar-refractivity contribution is 0.884. The first kappa shape index (κ1) is 11.3. The lowest BCUT2D eigenvalue weighted by Gasteiger charge is -1.78. The van der Waals surface area contributed by atoms with Crippen molar-refractivity contribution in [2.75, 3.05) is 0 Å². The van der Waals surface area contributed by atoms with Crippen LogP contribution in [0.3, 0.4) is 0 Å². The average Bonchev–Trinajstić information content (AvgIpc) is 1.71. The monoisotopic (exact) mass is 130 g/mol. The number of unbranched alkanes of at least 4 members (excludes halogenated alkanes) is 1. The largest absolute Gasteiger partial charge is 0.211 e. The van der Waals surface area contributed by atoms with Gasteiger partial charge in [-0.2, -0.15) is 0 Å². The van der Waals surface area contributed by atoms with Crippen molar-refractivity contribution in [2.24, 2.45) is 0 Å². The first-order valence-corrected chi connectivity index (χ1v) is 5.24. The van der Waals surface area contributed by atoms with Gasteiger partial charge in [0.15, 0.2) is 0 Å². The molecule has 0 N–H and O–H groups in total. The van der Waals surface area contributed by atoms with Crippen molar-refractivity contribution in [3.8, 4) is 0 Å². The van der Waals surface area contributed by atoms with E-state index in [1.807, 2.05) is 0 Å². The molecule has 0 aromatic heterocycles. The minimum atomic E-state index is 1.25. The highest BCUT2D eigenvalue weighted by Gasteiger charge is 1.69. The van der Waals surface area contributed by atoms with E-state index in [1.165, 1.54) is 40.8 Å². The van der Waals surface area contributed by atoms with Crippen LogP contribution in [-0.4, -0.2) is 16.3 Å². The van der Waals surface area contributed by atoms with E-state index >= 15 is 0 Å². The van der Waals surface area contributed by atoms with Crippen LogP contribution in [0.1, 0.15) is 40.0 Å². The highest BCUT2D eigenvalue weighted by molar-refractivity contribution is 6.08. The molecular weight excluding hydrogens is 111 g/mol. The van der Waals surface area contributed by atoms with Crippen molar-refractivity contribution in [1.29, 1.82) is 0 Å². The van der Waals surface area contributed by atoms with Crippen molar-refractivity contribution in [3.63, 3.8) is 0 Å². The summed E-state index contributed by atoms with van der Waals surface area (Å²) in [6, 6.07) is 0. The van der Waals surface area contributed by atoms with Crippen LogP contribution >= 0.6 is 0 Å². The number of hydrogen-bond donors (Lipinski definition) is 0. The van der Waals surface area contributed by atoms with E-state index in [2.05, 4.69) is 20.8 Å². The SMILES string of the molecule is CCC.CCC[CH2][AlH2]. The molecule has 0 unspecified atom stereocenters. The molecule has 0 rings (SSSR count). The van der Waals surface area contributed by atoms with E-state index in [-0.39, 0.29) is 0 Å². The molecule has 0 aliphatic rings. The number of hydrogen-bond acceptors (Lipinski definition) is 0. The van der Waals surface area contributed by atoms with Crippen molar-refractivity contribution in [2.45, 2.75) is 45.3 Å². The summed E-state index contributed by atoms with van der Waals surface area (Å²) in [7, 11) is 0. The fourth-order valence-corrected chi connectivity index (χ4v) is 1.06. The predicted octanol–water partition coefficient (Wildman–Crippen LogP) is 2.25. The van der Waals surface area contributed by atoms with E-state index in [0.29, 0.717) is 0 Å². The van der Waals surface area contributed by atoms with Crippen LogP contribution in [0.5, 0.6) is 0 Å². The van der Waals surface area contributed by atoms with Crippen LogP contribution in [0, 0.1) is 0 Å². The van der Waals surface area contributed by atoms with Gasteiger partial charge in [0.1, 0.15) is 0 Å². The lowest BCUT2D eigenvalue weighted by Crippen LogP contribution is -1.63. The molecule has 8 heavy (non-hydrogen) atoms. The summed E-state index contributed by atoms with van der Waals surface area (Å²) in [5.41, 5.74) is 0. The van der Waals surface area contributed by atoms with Crippen LogP contribution in [-0.2, 0) is 0 Å². The Bertz CT molecular complexity index is 18.3. The Labute approximate surface area is 62.1 Å². The Morgan fingerprint density at radius 2 is 1.50 bits per heavy atom. The molecule has 50 valence electrons. The Morgan fingerprint density at radius 3 is 1.50 bits per heavy atom. The van der Waals surface area contributed by atoms with Gasteiger partial charge in [0, 0.05) is 0 Å². The van der Waals surface area contributed by atoms with E-state index in [9.17, 15) is 0 Å². The normalized spacial score (nSPS) is 7.38. The highest BCUT2D eigenvalue weighted by atomic mass is 27.0. The third-order valence-corrected chi connectivity index (χ3v) is 1.41. The third kappa shape index (κ3) is 31.2. The minimum absolute atomic E-state index is 1.25. The van der Waals surface area contributed by atoms with E-state index in [0.717, 1.165) is 0 Å². The van der Waals surface area contributed by atoms with Gasteiger partial charge in [-0.3, -0.25) is 0 Å². The summed E-state index contributed by atoms with van der Waals surface area (Å²) in [4.78, 5) is 0. The molecule has 0 aromatic rings. The smallest absolute Gasteiger partial charge is 0.101 e. The molecule has 0 bridgehead atoms. The van der Waals surface area contributed by atoms with Gasteiger partial charge in [-0.05, 0) is 0 Å². The highest BCUT2D eigenvalue weighted by Crippen LogP contribution is 1.86. The molecule has 0 heterocycles. The molecule has 0 atom stereocenters. The lowest BCUT2D eigenvalue weighted by atomic mass is 10.4. The van der Waals surface area contributed by atoms with Crippen LogP contribution in [0.25, 0.3) is 0 Å². The zero-order valence-electron chi connectivity index (χ0n) is 6.83. The van der Waals surface area contributed by atoms with Crippen LogP contribution in [0.15, 0.2) is 0 Å². The molecular formula is C7H19Al. The average molecular weight is 130 g/mol. The summed E-state index contributed by atoms with van der Waals surface area (Å²) in [5.74, 6) is 0. The van der Waals surface area contributed by atoms with Crippen LogP contribution < -0.4 is 0 Å². The van der Waals surface area contributed by atoms with Gasteiger partial charge >= 0.3 is 0 Å². The summed E-state index contributed by atoms with van der Waals surface area (Å²) in [6.45, 7) is 6.48. The predicted molar refractivity (Wildman–Crippen MR) is 44.2 cm³/mol. The molecule has 0 aliphatic heterocycles. The second-order valence-electron chi connectivity index (χ2n) is 2.06. The second-order valence-corrected chi connectivity index (χ2v) is 3.06. The van der Waals surface area contributed by atoms with Gasteiger partial charge in [0.05, 0.1) is 0 Å². The second kappa shape index (κ2) is 15.6. The quantitative estimate of drug-likeness (QED) is 0.503. The van der Waals surface area contributed by atoms with Crippen molar-refractivity contribution in [1.82, 2.24) is 0 Å². The van der Waals surface area contributed by atoms with Gasteiger partial charge in [-0.15, -0.1) is 5.28 Å². The molecule has 0 spiro atoms. The van der Waals surface area contributed by atoms with Crippen molar-refractivity contribution >= 4 is 16.3 Å². The van der Waals surface area contributed by atoms with E-state index in [1.54, 1.807) is 0 Å². The first-order valence-electron chi connectivity index (χ1n) is 3.83. The third-order valence-electron chi connectivity index (χ3n) is 0.707. The van der Waals surface area contributed by atoms with Crippen LogP contribution in [0.4, 0.5) is 0 Å². The maximum absolute atomic E-state index is 2.23. The van der Waals surface area contributed by atoms with Gasteiger partial charge in [-0.1, -0.05) is 40.0 Å². The molecule has 0 saturated heterocycles. The zero-order chi connectivity index (χ0) is 6.83. The minimum Gasteiger partial charge on any atom is -0.101 e. The van der Waals surface area contributed by atoms with Crippen molar-refractivity contribution < 1.29 is 0 Å². The molecule has 0 saturated carbocycles. The Kier molecular flexibility index (Phi) is 22.2. The molecule has 1 heteroatoms. The maximum atomic E-state index is 2.23. The molecule has 0 amide bonds. The summed E-state index contributed by atoms with van der Waals surface area (Å²) in [5, 5.41) is 1.48. The Morgan fingerprint density at radius 1 is 1.12 bits per heavy atom. The van der Waals surface area contributed by atoms with Gasteiger partial charge in [-0.25, -0.2) is 0 Å². The van der Waals surface area contributed by atoms with Gasteiger partial charge in [0.2, 0.25) is 16.3 Å². The van der Waals surface area contributed by atoms with Gasteiger partial charge < -0.3 is 0 Å². The Hall–Kier alpha value is 0.532. The molecule has 0 aromatic carbocycles. The molecule has 0 radical (unpaired) electrons. The fourth-order valence-electron chi connectivity index (χ4n) is 0.354. The van der Waals surface area contributed by atoms with Crippen molar-refractivity contribution in [3.05, 3.63) is 0 Å². The first-order chi connectivity index (χ1) is 3.83.